The number of benzene rings is 4. The summed E-state index contributed by atoms with van der Waals surface area (Å²) in [7, 11) is -2.83. The number of aryl methyl sites for hydroxylation is 1. The van der Waals surface area contributed by atoms with Crippen molar-refractivity contribution in [1.82, 2.24) is 10.2 Å². The van der Waals surface area contributed by atoms with E-state index in [-0.39, 0.29) is 38.6 Å². The maximum atomic E-state index is 14.4. The topological polar surface area (TPSA) is 86.8 Å². The van der Waals surface area contributed by atoms with E-state index >= 15 is 0 Å². The second kappa shape index (κ2) is 14.7. The molecular weight excluding hydrogens is 664 g/mol. The zero-order chi connectivity index (χ0) is 32.0. The van der Waals surface area contributed by atoms with E-state index in [0.717, 1.165) is 15.4 Å². The number of sulfonamides is 1. The van der Waals surface area contributed by atoms with Gasteiger partial charge in [-0.05, 0) is 60.5 Å². The van der Waals surface area contributed by atoms with E-state index < -0.39 is 34.4 Å². The average Bonchev–Trinajstić information content (AvgIpc) is 2.98. The fraction of sp³-hybridized carbons (Fsp3) is 0.188. The van der Waals surface area contributed by atoms with Crippen LogP contribution in [0.4, 0.5) is 5.69 Å². The first-order chi connectivity index (χ1) is 20.9. The van der Waals surface area contributed by atoms with Crippen molar-refractivity contribution in [2.45, 2.75) is 30.8 Å². The highest BCUT2D eigenvalue weighted by Gasteiger charge is 2.35. The zero-order valence-electron chi connectivity index (χ0n) is 23.8. The molecule has 0 fully saturated rings. The minimum atomic E-state index is -4.31. The molecule has 0 aliphatic rings. The molecule has 0 saturated carbocycles. The first kappa shape index (κ1) is 33.6. The Kier molecular flexibility index (Phi) is 11.2. The third-order valence-corrected chi connectivity index (χ3v) is 9.71. The highest BCUT2D eigenvalue weighted by Crippen LogP contribution is 2.31. The third-order valence-electron chi connectivity index (χ3n) is 6.90. The molecule has 0 heterocycles. The van der Waals surface area contributed by atoms with E-state index in [0.29, 0.717) is 10.6 Å². The largest absolute Gasteiger partial charge is 0.357 e. The van der Waals surface area contributed by atoms with Gasteiger partial charge in [-0.25, -0.2) is 8.42 Å². The van der Waals surface area contributed by atoms with Crippen molar-refractivity contribution >= 4 is 73.9 Å². The Hall–Kier alpha value is -3.27. The number of hydrogen-bond donors (Lipinski definition) is 1. The maximum Gasteiger partial charge on any atom is 0.264 e. The number of nitrogens with one attached hydrogen (secondary N) is 1. The molecule has 0 spiro atoms. The minimum Gasteiger partial charge on any atom is -0.357 e. The molecule has 4 rings (SSSR count). The first-order valence-electron chi connectivity index (χ1n) is 13.4. The van der Waals surface area contributed by atoms with Gasteiger partial charge in [0.2, 0.25) is 11.8 Å². The van der Waals surface area contributed by atoms with Gasteiger partial charge in [0, 0.05) is 40.1 Å². The lowest BCUT2D eigenvalue weighted by Crippen LogP contribution is -2.53. The van der Waals surface area contributed by atoms with Crippen molar-refractivity contribution in [3.8, 4) is 0 Å². The maximum absolute atomic E-state index is 14.4. The van der Waals surface area contributed by atoms with Crippen LogP contribution in [0.5, 0.6) is 0 Å². The van der Waals surface area contributed by atoms with Crippen LogP contribution in [0.1, 0.15) is 16.7 Å². The summed E-state index contributed by atoms with van der Waals surface area (Å²) in [6.45, 7) is 1.06. The molecule has 2 amide bonds. The Bertz CT molecular complexity index is 1730. The van der Waals surface area contributed by atoms with Gasteiger partial charge in [0.1, 0.15) is 12.6 Å². The molecule has 0 aliphatic carbocycles. The fourth-order valence-corrected chi connectivity index (χ4v) is 6.98. The van der Waals surface area contributed by atoms with Crippen LogP contribution < -0.4 is 9.62 Å². The van der Waals surface area contributed by atoms with Gasteiger partial charge in [-0.3, -0.25) is 13.9 Å². The molecule has 7 nitrogen and oxygen atoms in total. The molecule has 0 radical (unpaired) electrons. The summed E-state index contributed by atoms with van der Waals surface area (Å²) in [6, 6.07) is 23.5. The third kappa shape index (κ3) is 8.25. The molecule has 12 heteroatoms. The lowest BCUT2D eigenvalue weighted by molar-refractivity contribution is -0.139. The van der Waals surface area contributed by atoms with Crippen molar-refractivity contribution in [3.63, 3.8) is 0 Å². The van der Waals surface area contributed by atoms with Crippen LogP contribution in [-0.2, 0) is 32.6 Å². The predicted octanol–water partition coefficient (Wildman–Crippen LogP) is 7.19. The minimum absolute atomic E-state index is 0.0357. The molecular formula is C32H29Cl4N3O4S. The van der Waals surface area contributed by atoms with E-state index in [1.54, 1.807) is 24.3 Å². The number of hydrogen-bond acceptors (Lipinski definition) is 4. The van der Waals surface area contributed by atoms with E-state index in [1.807, 2.05) is 37.3 Å². The Labute approximate surface area is 277 Å². The van der Waals surface area contributed by atoms with Crippen LogP contribution >= 0.6 is 46.4 Å². The number of amides is 2. The standard InChI is InChI=1S/C32H29Cl4N3O4S/c1-21-8-12-28(13-9-21)44(42,43)39(27-16-25(34)15-26(35)17-27)20-31(40)38(19-23-10-11-24(33)18-29(23)36)30(32(41)37-2)14-22-6-4-3-5-7-22/h3-13,15-18,30H,14,19-20H2,1-2H3,(H,37,41). The van der Waals surface area contributed by atoms with Crippen LogP contribution in [-0.4, -0.2) is 44.8 Å². The summed E-state index contributed by atoms with van der Waals surface area (Å²) in [5, 5.41) is 3.69. The number of nitrogens with zero attached hydrogens (tertiary/aromatic N) is 2. The molecule has 0 bridgehead atoms. The van der Waals surface area contributed by atoms with E-state index in [4.69, 9.17) is 46.4 Å². The lowest BCUT2D eigenvalue weighted by atomic mass is 10.0. The summed E-state index contributed by atoms with van der Waals surface area (Å²) < 4.78 is 29.1. The Morgan fingerprint density at radius 2 is 1.45 bits per heavy atom. The molecule has 4 aromatic rings. The van der Waals surface area contributed by atoms with Crippen LogP contribution in [0.3, 0.4) is 0 Å². The van der Waals surface area contributed by atoms with E-state index in [9.17, 15) is 18.0 Å². The highest BCUT2D eigenvalue weighted by molar-refractivity contribution is 7.92. The number of carbonyl (C=O) groups excluding carboxylic acids is 2. The number of rotatable bonds is 11. The summed E-state index contributed by atoms with van der Waals surface area (Å²) in [4.78, 5) is 29.0. The number of anilines is 1. The molecule has 230 valence electrons. The number of carbonyl (C=O) groups is 2. The normalized spacial score (nSPS) is 12.0. The number of likely N-dealkylation sites (N-methyl/N-ethyl adjacent to an activating group) is 1. The quantitative estimate of drug-likeness (QED) is 0.180. The van der Waals surface area contributed by atoms with Crippen LogP contribution in [0.15, 0.2) is 95.9 Å². The summed E-state index contributed by atoms with van der Waals surface area (Å²) >= 11 is 25.2. The van der Waals surface area contributed by atoms with Crippen molar-refractivity contribution in [2.75, 3.05) is 17.9 Å². The van der Waals surface area contributed by atoms with Gasteiger partial charge in [-0.1, -0.05) is 100 Å². The van der Waals surface area contributed by atoms with Crippen molar-refractivity contribution in [3.05, 3.63) is 128 Å². The Morgan fingerprint density at radius 1 is 0.818 bits per heavy atom. The average molecular weight is 693 g/mol. The van der Waals surface area contributed by atoms with Gasteiger partial charge in [0.25, 0.3) is 10.0 Å². The van der Waals surface area contributed by atoms with Gasteiger partial charge in [-0.2, -0.15) is 0 Å². The van der Waals surface area contributed by atoms with Gasteiger partial charge < -0.3 is 10.2 Å². The zero-order valence-corrected chi connectivity index (χ0v) is 27.6. The first-order valence-corrected chi connectivity index (χ1v) is 16.4. The molecule has 44 heavy (non-hydrogen) atoms. The van der Waals surface area contributed by atoms with Crippen LogP contribution in [0, 0.1) is 6.92 Å². The molecule has 1 atom stereocenters. The molecule has 4 aromatic carbocycles. The van der Waals surface area contributed by atoms with Gasteiger partial charge in [0.05, 0.1) is 10.6 Å². The fourth-order valence-electron chi connectivity index (χ4n) is 4.60. The van der Waals surface area contributed by atoms with Gasteiger partial charge in [0.15, 0.2) is 0 Å². The lowest BCUT2D eigenvalue weighted by Gasteiger charge is -2.34. The summed E-state index contributed by atoms with van der Waals surface area (Å²) in [5.74, 6) is -1.10. The van der Waals surface area contributed by atoms with Gasteiger partial charge >= 0.3 is 0 Å². The number of halogens is 4. The van der Waals surface area contributed by atoms with E-state index in [1.165, 1.54) is 48.3 Å². The van der Waals surface area contributed by atoms with Crippen LogP contribution in [0.2, 0.25) is 20.1 Å². The Balaban J connectivity index is 1.83. The van der Waals surface area contributed by atoms with Crippen molar-refractivity contribution < 1.29 is 18.0 Å². The molecule has 0 aliphatic heterocycles. The molecule has 0 aromatic heterocycles. The summed E-state index contributed by atoms with van der Waals surface area (Å²) in [5.41, 5.74) is 2.26. The molecule has 1 unspecified atom stereocenters. The monoisotopic (exact) mass is 691 g/mol. The second-order valence-electron chi connectivity index (χ2n) is 10.0. The Morgan fingerprint density at radius 3 is 2.05 bits per heavy atom. The van der Waals surface area contributed by atoms with E-state index in [2.05, 4.69) is 5.32 Å². The van der Waals surface area contributed by atoms with Crippen LogP contribution in [0.25, 0.3) is 0 Å². The summed E-state index contributed by atoms with van der Waals surface area (Å²) in [6.07, 6.45) is 0.158. The van der Waals surface area contributed by atoms with Crippen molar-refractivity contribution in [1.29, 1.82) is 0 Å². The highest BCUT2D eigenvalue weighted by atomic mass is 35.5. The smallest absolute Gasteiger partial charge is 0.264 e. The SMILES string of the molecule is CNC(=O)C(Cc1ccccc1)N(Cc1ccc(Cl)cc1Cl)C(=O)CN(c1cc(Cl)cc(Cl)c1)S(=O)(=O)c1ccc(C)cc1. The predicted molar refractivity (Wildman–Crippen MR) is 177 cm³/mol. The molecule has 0 saturated heterocycles. The second-order valence-corrected chi connectivity index (χ2v) is 13.6. The van der Waals surface area contributed by atoms with Gasteiger partial charge in [-0.15, -0.1) is 0 Å². The molecule has 1 N–H and O–H groups in total. The van der Waals surface area contributed by atoms with Crippen molar-refractivity contribution in [2.24, 2.45) is 0 Å².